The van der Waals surface area contributed by atoms with Crippen LogP contribution in [0.3, 0.4) is 0 Å². The predicted octanol–water partition coefficient (Wildman–Crippen LogP) is 5.60. The first-order valence-electron chi connectivity index (χ1n) is 7.31. The van der Waals surface area contributed by atoms with Gasteiger partial charge in [-0.2, -0.15) is 0 Å². The van der Waals surface area contributed by atoms with E-state index in [0.29, 0.717) is 0 Å². The highest BCUT2D eigenvalue weighted by Crippen LogP contribution is 2.41. The van der Waals surface area contributed by atoms with Crippen LogP contribution in [0.25, 0.3) is 0 Å². The van der Waals surface area contributed by atoms with Crippen LogP contribution >= 0.6 is 10.0 Å². The van der Waals surface area contributed by atoms with Gasteiger partial charge in [-0.3, -0.25) is 0 Å². The summed E-state index contributed by atoms with van der Waals surface area (Å²) in [6, 6.07) is 0. The average Bonchev–Trinajstić information content (AvgIpc) is 2.24. The fraction of sp³-hybridized carbons (Fsp3) is 1.00. The summed E-state index contributed by atoms with van der Waals surface area (Å²) >= 11 is 0. The van der Waals surface area contributed by atoms with E-state index in [-0.39, 0.29) is 10.0 Å². The van der Waals surface area contributed by atoms with Crippen molar-refractivity contribution in [3.05, 3.63) is 0 Å². The minimum atomic E-state index is -0.249. The minimum absolute atomic E-state index is 0.249. The monoisotopic (exact) mass is 246 g/mol. The van der Waals surface area contributed by atoms with Gasteiger partial charge in [-0.25, -0.2) is 10.0 Å². The van der Waals surface area contributed by atoms with Crippen molar-refractivity contribution in [1.82, 2.24) is 0 Å². The Balaban J connectivity index is 3.38. The Morgan fingerprint density at radius 3 is 1.38 bits per heavy atom. The van der Waals surface area contributed by atoms with Gasteiger partial charge in [0.25, 0.3) is 0 Å². The van der Waals surface area contributed by atoms with Gasteiger partial charge in [0, 0.05) is 0 Å². The molecule has 0 radical (unpaired) electrons. The predicted molar refractivity (Wildman–Crippen MR) is 82.1 cm³/mol. The molecule has 0 amide bonds. The van der Waals surface area contributed by atoms with Crippen LogP contribution in [-0.2, 0) is 0 Å². The molecular formula is C15H34S. The van der Waals surface area contributed by atoms with Crippen molar-refractivity contribution >= 4 is 10.0 Å². The molecule has 0 atom stereocenters. The second-order valence-corrected chi connectivity index (χ2v) is 10.0. The molecule has 0 fully saturated rings. The van der Waals surface area contributed by atoms with Gasteiger partial charge >= 0.3 is 0 Å². The summed E-state index contributed by atoms with van der Waals surface area (Å²) < 4.78 is 0. The third kappa shape index (κ3) is 10.9. The highest BCUT2D eigenvalue weighted by atomic mass is 32.3. The second-order valence-electron chi connectivity index (χ2n) is 5.65. The lowest BCUT2D eigenvalue weighted by molar-refractivity contribution is 0.657. The average molecular weight is 247 g/mol. The van der Waals surface area contributed by atoms with Gasteiger partial charge < -0.3 is 0 Å². The molecule has 0 aliphatic rings. The Morgan fingerprint density at radius 2 is 0.938 bits per heavy atom. The zero-order valence-electron chi connectivity index (χ0n) is 12.2. The molecule has 0 aliphatic heterocycles. The maximum atomic E-state index is 2.54. The molecule has 0 heterocycles. The van der Waals surface area contributed by atoms with Gasteiger partial charge in [-0.05, 0) is 36.9 Å². The Hall–Kier alpha value is 0.350. The van der Waals surface area contributed by atoms with Crippen LogP contribution in [0, 0.1) is 0 Å². The van der Waals surface area contributed by atoms with Crippen molar-refractivity contribution < 1.29 is 0 Å². The lowest BCUT2D eigenvalue weighted by Gasteiger charge is -2.31. The number of unbranched alkanes of at least 4 members (excludes halogenated alkanes) is 7. The summed E-state index contributed by atoms with van der Waals surface area (Å²) in [6.07, 6.45) is 18.0. The van der Waals surface area contributed by atoms with Gasteiger partial charge in [0.2, 0.25) is 0 Å². The zero-order chi connectivity index (χ0) is 12.3. The van der Waals surface area contributed by atoms with E-state index in [1.54, 1.807) is 0 Å². The zero-order valence-corrected chi connectivity index (χ0v) is 13.0. The van der Waals surface area contributed by atoms with Crippen LogP contribution in [0.2, 0.25) is 0 Å². The molecule has 0 unspecified atom stereocenters. The van der Waals surface area contributed by atoms with E-state index in [0.717, 1.165) is 0 Å². The highest BCUT2D eigenvalue weighted by Gasteiger charge is 2.10. The molecule has 0 saturated heterocycles. The van der Waals surface area contributed by atoms with Crippen LogP contribution in [0.4, 0.5) is 0 Å². The van der Waals surface area contributed by atoms with Crippen LogP contribution in [-0.4, -0.2) is 24.0 Å². The molecule has 0 rings (SSSR count). The maximum absolute atomic E-state index is 2.54. The summed E-state index contributed by atoms with van der Waals surface area (Å²) in [7, 11) is -0.249. The topological polar surface area (TPSA) is 0 Å². The van der Waals surface area contributed by atoms with Gasteiger partial charge in [0.05, 0.1) is 0 Å². The van der Waals surface area contributed by atoms with E-state index in [1.165, 1.54) is 69.3 Å². The van der Waals surface area contributed by atoms with Gasteiger partial charge in [0.15, 0.2) is 0 Å². The van der Waals surface area contributed by atoms with Crippen LogP contribution < -0.4 is 0 Å². The highest BCUT2D eigenvalue weighted by molar-refractivity contribution is 8.32. The minimum Gasteiger partial charge on any atom is -0.247 e. The fourth-order valence-electron chi connectivity index (χ4n) is 2.12. The smallest absolute Gasteiger partial charge is 0.0233 e. The number of hydrogen-bond acceptors (Lipinski definition) is 0. The van der Waals surface area contributed by atoms with Crippen molar-refractivity contribution in [2.45, 2.75) is 71.6 Å². The van der Waals surface area contributed by atoms with Crippen molar-refractivity contribution in [3.63, 3.8) is 0 Å². The molecule has 0 saturated carbocycles. The Bertz CT molecular complexity index is 140. The third-order valence-electron chi connectivity index (χ3n) is 3.35. The molecule has 100 valence electrons. The van der Waals surface area contributed by atoms with E-state index in [4.69, 9.17) is 0 Å². The quantitative estimate of drug-likeness (QED) is 0.416. The van der Waals surface area contributed by atoms with Gasteiger partial charge in [-0.1, -0.05) is 58.8 Å². The van der Waals surface area contributed by atoms with E-state index in [1.807, 2.05) is 0 Å². The molecule has 0 bridgehead atoms. The van der Waals surface area contributed by atoms with Crippen LogP contribution in [0.15, 0.2) is 0 Å². The summed E-state index contributed by atoms with van der Waals surface area (Å²) in [5, 5.41) is 0. The molecule has 0 spiro atoms. The van der Waals surface area contributed by atoms with E-state index >= 15 is 0 Å². The number of hydrogen-bond donors (Lipinski definition) is 0. The molecule has 0 nitrogen and oxygen atoms in total. The summed E-state index contributed by atoms with van der Waals surface area (Å²) in [4.78, 5) is 0. The molecule has 16 heavy (non-hydrogen) atoms. The molecule has 0 aromatic carbocycles. The normalized spacial score (nSPS) is 13.0. The largest absolute Gasteiger partial charge is 0.247 e. The van der Waals surface area contributed by atoms with E-state index in [2.05, 4.69) is 26.4 Å². The molecule has 0 aliphatic carbocycles. The van der Waals surface area contributed by atoms with Crippen molar-refractivity contribution in [2.24, 2.45) is 0 Å². The molecule has 1 heteroatoms. The lowest BCUT2D eigenvalue weighted by Crippen LogP contribution is -2.06. The maximum Gasteiger partial charge on any atom is -0.0233 e. The summed E-state index contributed by atoms with van der Waals surface area (Å²) in [6.45, 7) is 4.59. The standard InChI is InChI=1S/C15H34S/c1-5-7-9-11-13-15-16(3,4)14-12-10-8-6-2/h5-15H2,1-4H3. The van der Waals surface area contributed by atoms with Gasteiger partial charge in [0.1, 0.15) is 0 Å². The van der Waals surface area contributed by atoms with E-state index in [9.17, 15) is 0 Å². The number of rotatable bonds is 11. The fourth-order valence-corrected chi connectivity index (χ4v) is 4.29. The van der Waals surface area contributed by atoms with E-state index < -0.39 is 0 Å². The molecule has 0 aromatic rings. The first-order chi connectivity index (χ1) is 7.62. The lowest BCUT2D eigenvalue weighted by atomic mass is 10.2. The van der Waals surface area contributed by atoms with Crippen LogP contribution in [0.1, 0.15) is 71.6 Å². The van der Waals surface area contributed by atoms with Crippen molar-refractivity contribution in [3.8, 4) is 0 Å². The van der Waals surface area contributed by atoms with Gasteiger partial charge in [-0.15, -0.1) is 0 Å². The Labute approximate surface area is 106 Å². The first kappa shape index (κ1) is 16.4. The Kier molecular flexibility index (Phi) is 10.7. The Morgan fingerprint density at radius 1 is 0.562 bits per heavy atom. The molecule has 0 N–H and O–H groups in total. The summed E-state index contributed by atoms with van der Waals surface area (Å²) in [5.41, 5.74) is 0. The SMILES string of the molecule is CCCCCCCS(C)(C)CCCCCC. The van der Waals surface area contributed by atoms with Crippen molar-refractivity contribution in [1.29, 1.82) is 0 Å². The third-order valence-corrected chi connectivity index (χ3v) is 6.14. The van der Waals surface area contributed by atoms with Crippen molar-refractivity contribution in [2.75, 3.05) is 24.0 Å². The summed E-state index contributed by atoms with van der Waals surface area (Å²) in [5.74, 6) is 3.03. The molecular weight excluding hydrogens is 212 g/mol. The second kappa shape index (κ2) is 10.5. The first-order valence-corrected chi connectivity index (χ1v) is 10.1. The molecule has 0 aromatic heterocycles. The van der Waals surface area contributed by atoms with Crippen LogP contribution in [0.5, 0.6) is 0 Å².